The Morgan fingerprint density at radius 3 is 2.08 bits per heavy atom. The van der Waals surface area contributed by atoms with Crippen LogP contribution in [0, 0.1) is 22.7 Å². The molecule has 3 fully saturated rings. The first-order valence-corrected chi connectivity index (χ1v) is 10.2. The van der Waals surface area contributed by atoms with E-state index in [-0.39, 0.29) is 27.6 Å². The van der Waals surface area contributed by atoms with Crippen LogP contribution in [0.5, 0.6) is 0 Å². The average molecular weight is 337 g/mol. The molecule has 0 aromatic heterocycles. The summed E-state index contributed by atoms with van der Waals surface area (Å²) in [6.45, 7) is 19.8. The molecule has 5 unspecified atom stereocenters. The maximum atomic E-state index is 6.58. The van der Waals surface area contributed by atoms with Gasteiger partial charge in [0.05, 0.1) is 11.2 Å². The number of epoxide rings is 1. The number of fused-ring (bicyclic) bond motifs is 1. The summed E-state index contributed by atoms with van der Waals surface area (Å²) >= 11 is 0. The van der Waals surface area contributed by atoms with Crippen LogP contribution in [0.2, 0.25) is 0 Å². The molecule has 2 heterocycles. The van der Waals surface area contributed by atoms with Gasteiger partial charge in [-0.25, -0.2) is 0 Å². The van der Waals surface area contributed by atoms with Crippen LogP contribution in [0.15, 0.2) is 0 Å². The second-order valence-electron chi connectivity index (χ2n) is 11.2. The molecule has 0 aromatic rings. The van der Waals surface area contributed by atoms with Crippen molar-refractivity contribution < 1.29 is 9.47 Å². The summed E-state index contributed by atoms with van der Waals surface area (Å²) in [7, 11) is 0. The summed E-state index contributed by atoms with van der Waals surface area (Å²) in [5, 5.41) is 0. The lowest BCUT2D eigenvalue weighted by atomic mass is 9.59. The Morgan fingerprint density at radius 2 is 1.50 bits per heavy atom. The highest BCUT2D eigenvalue weighted by molar-refractivity contribution is 5.23. The van der Waals surface area contributed by atoms with E-state index >= 15 is 0 Å². The molecule has 2 saturated heterocycles. The highest BCUT2D eigenvalue weighted by Gasteiger charge is 2.75. The molecule has 0 bridgehead atoms. The quantitative estimate of drug-likeness (QED) is 0.578. The standard InChI is InChI=1S/C22H40O2/c1-18(2,3)20(7)16(12-10-14-23-20)15-17-11-9-13-22(19(4,5)6)21(17,8)24-22/h16-17H,9-15H2,1-8H3. The lowest BCUT2D eigenvalue weighted by Crippen LogP contribution is -2.53. The molecule has 0 aromatic carbocycles. The van der Waals surface area contributed by atoms with Gasteiger partial charge in [0.25, 0.3) is 0 Å². The van der Waals surface area contributed by atoms with Gasteiger partial charge in [-0.05, 0) is 68.6 Å². The summed E-state index contributed by atoms with van der Waals surface area (Å²) < 4.78 is 13.0. The minimum absolute atomic E-state index is 0.0155. The maximum absolute atomic E-state index is 6.58. The van der Waals surface area contributed by atoms with Gasteiger partial charge in [0, 0.05) is 6.61 Å². The highest BCUT2D eigenvalue weighted by atomic mass is 16.6. The van der Waals surface area contributed by atoms with E-state index in [1.165, 1.54) is 38.5 Å². The van der Waals surface area contributed by atoms with Crippen molar-refractivity contribution in [1.29, 1.82) is 0 Å². The van der Waals surface area contributed by atoms with Crippen LogP contribution in [-0.4, -0.2) is 23.4 Å². The van der Waals surface area contributed by atoms with Gasteiger partial charge >= 0.3 is 0 Å². The Morgan fingerprint density at radius 1 is 0.875 bits per heavy atom. The molecule has 0 amide bonds. The third kappa shape index (κ3) is 2.50. The van der Waals surface area contributed by atoms with E-state index in [2.05, 4.69) is 55.4 Å². The number of ether oxygens (including phenoxy) is 2. The Kier molecular flexibility index (Phi) is 4.25. The Balaban J connectivity index is 1.81. The smallest absolute Gasteiger partial charge is 0.103 e. The van der Waals surface area contributed by atoms with Gasteiger partial charge in [-0.1, -0.05) is 48.0 Å². The zero-order valence-electron chi connectivity index (χ0n) is 17.4. The van der Waals surface area contributed by atoms with Gasteiger partial charge in [0.1, 0.15) is 5.60 Å². The van der Waals surface area contributed by atoms with Crippen LogP contribution in [0.3, 0.4) is 0 Å². The van der Waals surface area contributed by atoms with Gasteiger partial charge in [-0.15, -0.1) is 0 Å². The lowest BCUT2D eigenvalue weighted by Gasteiger charge is -2.51. The molecule has 0 N–H and O–H groups in total. The van der Waals surface area contributed by atoms with Crippen molar-refractivity contribution in [2.24, 2.45) is 22.7 Å². The van der Waals surface area contributed by atoms with Gasteiger partial charge in [0.2, 0.25) is 0 Å². The molecule has 2 heteroatoms. The van der Waals surface area contributed by atoms with Crippen molar-refractivity contribution in [2.75, 3.05) is 6.61 Å². The van der Waals surface area contributed by atoms with E-state index in [1.807, 2.05) is 0 Å². The molecular weight excluding hydrogens is 296 g/mol. The number of rotatable bonds is 2. The molecule has 24 heavy (non-hydrogen) atoms. The predicted molar refractivity (Wildman–Crippen MR) is 100 cm³/mol. The van der Waals surface area contributed by atoms with Gasteiger partial charge in [-0.2, -0.15) is 0 Å². The van der Waals surface area contributed by atoms with E-state index in [1.54, 1.807) is 0 Å². The van der Waals surface area contributed by atoms with Crippen LogP contribution in [-0.2, 0) is 9.47 Å². The molecule has 3 aliphatic rings. The molecule has 0 spiro atoms. The van der Waals surface area contributed by atoms with Crippen LogP contribution < -0.4 is 0 Å². The fourth-order valence-electron chi connectivity index (χ4n) is 6.06. The second kappa shape index (κ2) is 5.46. The molecule has 1 saturated carbocycles. The van der Waals surface area contributed by atoms with Crippen molar-refractivity contribution in [1.82, 2.24) is 0 Å². The van der Waals surface area contributed by atoms with Crippen molar-refractivity contribution >= 4 is 0 Å². The zero-order valence-corrected chi connectivity index (χ0v) is 17.4. The fourth-order valence-corrected chi connectivity index (χ4v) is 6.06. The minimum atomic E-state index is -0.0155. The Bertz CT molecular complexity index is 485. The van der Waals surface area contributed by atoms with E-state index < -0.39 is 0 Å². The molecule has 3 rings (SSSR count). The third-order valence-corrected chi connectivity index (χ3v) is 8.15. The van der Waals surface area contributed by atoms with E-state index in [9.17, 15) is 0 Å². The Labute approximate surface area is 150 Å². The summed E-state index contributed by atoms with van der Waals surface area (Å²) in [6, 6.07) is 0. The highest BCUT2D eigenvalue weighted by Crippen LogP contribution is 2.68. The first-order valence-electron chi connectivity index (χ1n) is 10.2. The van der Waals surface area contributed by atoms with Gasteiger partial charge in [0.15, 0.2) is 0 Å². The molecule has 0 radical (unpaired) electrons. The van der Waals surface area contributed by atoms with Crippen molar-refractivity contribution in [3.05, 3.63) is 0 Å². The summed E-state index contributed by atoms with van der Waals surface area (Å²) in [4.78, 5) is 0. The molecule has 2 nitrogen and oxygen atoms in total. The molecule has 140 valence electrons. The van der Waals surface area contributed by atoms with Crippen LogP contribution in [0.4, 0.5) is 0 Å². The van der Waals surface area contributed by atoms with Crippen LogP contribution in [0.1, 0.15) is 93.9 Å². The summed E-state index contributed by atoms with van der Waals surface area (Å²) in [6.07, 6.45) is 7.67. The summed E-state index contributed by atoms with van der Waals surface area (Å²) in [5.41, 5.74) is 0.588. The lowest BCUT2D eigenvalue weighted by molar-refractivity contribution is -0.173. The van der Waals surface area contributed by atoms with Crippen LogP contribution >= 0.6 is 0 Å². The molecule has 1 aliphatic carbocycles. The summed E-state index contributed by atoms with van der Waals surface area (Å²) in [5.74, 6) is 1.33. The van der Waals surface area contributed by atoms with Crippen molar-refractivity contribution in [3.63, 3.8) is 0 Å². The Hall–Kier alpha value is -0.0800. The monoisotopic (exact) mass is 336 g/mol. The largest absolute Gasteiger partial charge is 0.374 e. The third-order valence-electron chi connectivity index (χ3n) is 8.15. The predicted octanol–water partition coefficient (Wildman–Crippen LogP) is 5.98. The van der Waals surface area contributed by atoms with Crippen molar-refractivity contribution in [2.45, 2.75) is 111 Å². The topological polar surface area (TPSA) is 21.8 Å². The average Bonchev–Trinajstić information content (AvgIpc) is 3.09. The normalized spacial score (nSPS) is 46.5. The van der Waals surface area contributed by atoms with E-state index in [0.29, 0.717) is 11.8 Å². The molecular formula is C22H40O2. The SMILES string of the molecule is CC(C)(C)C1(C)OCCCC1CC1CCCC2(C(C)(C)C)OC12C. The van der Waals surface area contributed by atoms with Gasteiger partial charge < -0.3 is 9.47 Å². The van der Waals surface area contributed by atoms with E-state index in [4.69, 9.17) is 9.47 Å². The van der Waals surface area contributed by atoms with Gasteiger partial charge in [-0.3, -0.25) is 0 Å². The van der Waals surface area contributed by atoms with Crippen LogP contribution in [0.25, 0.3) is 0 Å². The van der Waals surface area contributed by atoms with Crippen molar-refractivity contribution in [3.8, 4) is 0 Å². The molecule has 5 atom stereocenters. The number of hydrogen-bond donors (Lipinski definition) is 0. The van der Waals surface area contributed by atoms with E-state index in [0.717, 1.165) is 6.61 Å². The molecule has 2 aliphatic heterocycles. The maximum Gasteiger partial charge on any atom is 0.103 e. The fraction of sp³-hybridized carbons (Fsp3) is 1.00. The number of hydrogen-bond acceptors (Lipinski definition) is 2. The first-order chi connectivity index (χ1) is 10.9. The zero-order chi connectivity index (χ0) is 18.0. The minimum Gasteiger partial charge on any atom is -0.374 e. The first kappa shape index (κ1) is 18.7. The second-order valence-corrected chi connectivity index (χ2v) is 11.2.